The Morgan fingerprint density at radius 2 is 1.89 bits per heavy atom. The van der Waals surface area contributed by atoms with Gasteiger partial charge in [-0.1, -0.05) is 18.2 Å². The van der Waals surface area contributed by atoms with Crippen molar-refractivity contribution in [1.82, 2.24) is 9.62 Å². The Labute approximate surface area is 162 Å². The molecule has 3 aliphatic rings. The van der Waals surface area contributed by atoms with Gasteiger partial charge in [-0.25, -0.2) is 12.7 Å². The smallest absolute Gasteiger partial charge is 0.269 e. The predicted molar refractivity (Wildman–Crippen MR) is 99.6 cm³/mol. The zero-order chi connectivity index (χ0) is 19.5. The van der Waals surface area contributed by atoms with E-state index in [4.69, 9.17) is 4.74 Å². The zero-order valence-electron chi connectivity index (χ0n) is 14.9. The van der Waals surface area contributed by atoms with E-state index in [0.717, 1.165) is 15.6 Å². The molecule has 0 spiro atoms. The van der Waals surface area contributed by atoms with Crippen LogP contribution in [0.2, 0.25) is 0 Å². The van der Waals surface area contributed by atoms with Crippen molar-refractivity contribution in [2.45, 2.75) is 36.2 Å². The summed E-state index contributed by atoms with van der Waals surface area (Å²) in [5.74, 6) is -0.138. The van der Waals surface area contributed by atoms with Crippen LogP contribution >= 0.6 is 0 Å². The number of rotatable bonds is 3. The highest BCUT2D eigenvalue weighted by molar-refractivity contribution is 7.90. The van der Waals surface area contributed by atoms with Crippen molar-refractivity contribution in [3.63, 3.8) is 0 Å². The highest BCUT2D eigenvalue weighted by Crippen LogP contribution is 2.40. The molecule has 2 aliphatic heterocycles. The van der Waals surface area contributed by atoms with Gasteiger partial charge in [0.25, 0.3) is 21.8 Å². The first-order valence-electron chi connectivity index (χ1n) is 9.22. The molecule has 1 aliphatic carbocycles. The minimum atomic E-state index is -3.89. The molecule has 2 amide bonds. The third-order valence-corrected chi connectivity index (χ3v) is 7.23. The summed E-state index contributed by atoms with van der Waals surface area (Å²) in [6.07, 6.45) is 2.00. The van der Waals surface area contributed by atoms with Gasteiger partial charge in [-0.2, -0.15) is 0 Å². The number of hydrogen-bond donors (Lipinski definition) is 1. The molecule has 144 valence electrons. The van der Waals surface area contributed by atoms with Crippen molar-refractivity contribution in [2.24, 2.45) is 0 Å². The summed E-state index contributed by atoms with van der Waals surface area (Å²) < 4.78 is 32.1. The van der Waals surface area contributed by atoms with Gasteiger partial charge in [0.15, 0.2) is 0 Å². The summed E-state index contributed by atoms with van der Waals surface area (Å²) >= 11 is 0. The molecule has 0 aromatic heterocycles. The number of nitrogens with zero attached hydrogens (tertiary/aromatic N) is 1. The Morgan fingerprint density at radius 3 is 2.68 bits per heavy atom. The molecule has 5 rings (SSSR count). The number of carbonyl (C=O) groups is 2. The lowest BCUT2D eigenvalue weighted by Crippen LogP contribution is -2.32. The Morgan fingerprint density at radius 1 is 1.11 bits per heavy atom. The fraction of sp³-hybridized carbons (Fsp3) is 0.300. The molecule has 0 unspecified atom stereocenters. The van der Waals surface area contributed by atoms with Gasteiger partial charge in [-0.15, -0.1) is 0 Å². The molecule has 2 aromatic rings. The molecule has 1 saturated carbocycles. The van der Waals surface area contributed by atoms with Gasteiger partial charge < -0.3 is 10.1 Å². The molecule has 1 N–H and O–H groups in total. The number of ether oxygens (including phenoxy) is 1. The van der Waals surface area contributed by atoms with Crippen LogP contribution < -0.4 is 10.1 Å². The van der Waals surface area contributed by atoms with Crippen molar-refractivity contribution in [3.8, 4) is 5.75 Å². The van der Waals surface area contributed by atoms with Crippen LogP contribution in [0.1, 0.15) is 51.6 Å². The summed E-state index contributed by atoms with van der Waals surface area (Å²) in [5, 5.41) is 2.96. The summed E-state index contributed by atoms with van der Waals surface area (Å²) in [6, 6.07) is 11.3. The predicted octanol–water partition coefficient (Wildman–Crippen LogP) is 2.25. The van der Waals surface area contributed by atoms with E-state index < -0.39 is 15.9 Å². The quantitative estimate of drug-likeness (QED) is 0.856. The van der Waals surface area contributed by atoms with Crippen LogP contribution in [0, 0.1) is 0 Å². The topological polar surface area (TPSA) is 92.8 Å². The summed E-state index contributed by atoms with van der Waals surface area (Å²) in [6.45, 7) is 0.491. The molecule has 7 nitrogen and oxygen atoms in total. The number of nitrogens with one attached hydrogen (secondary N) is 1. The second-order valence-electron chi connectivity index (χ2n) is 7.25. The maximum absolute atomic E-state index is 12.8. The molecule has 1 atom stereocenters. The van der Waals surface area contributed by atoms with Crippen LogP contribution in [0.3, 0.4) is 0 Å². The molecular weight excluding hydrogens is 380 g/mol. The maximum Gasteiger partial charge on any atom is 0.269 e. The normalized spacial score (nSPS) is 22.2. The van der Waals surface area contributed by atoms with Crippen LogP contribution in [-0.4, -0.2) is 37.2 Å². The molecule has 28 heavy (non-hydrogen) atoms. The van der Waals surface area contributed by atoms with Gasteiger partial charge in [0.05, 0.1) is 18.2 Å². The number of fused-ring (bicyclic) bond motifs is 2. The van der Waals surface area contributed by atoms with Gasteiger partial charge in [0.2, 0.25) is 0 Å². The molecule has 0 bridgehead atoms. The highest BCUT2D eigenvalue weighted by atomic mass is 32.2. The molecule has 1 fully saturated rings. The van der Waals surface area contributed by atoms with Crippen molar-refractivity contribution in [1.29, 1.82) is 0 Å². The molecule has 0 radical (unpaired) electrons. The van der Waals surface area contributed by atoms with Gasteiger partial charge in [0, 0.05) is 23.6 Å². The standard InChI is InChI=1S/C20H18N2O5S/c23-19(21-16-9-10-27-17-4-2-1-3-14(16)17)12-5-8-15-18(11-12)28(25,26)22(20(15)24)13-6-7-13/h1-5,8,11,13,16H,6-7,9-10H2,(H,21,23)/t16-/m0/s1. The first kappa shape index (κ1) is 17.2. The Kier molecular flexibility index (Phi) is 3.74. The van der Waals surface area contributed by atoms with Crippen molar-refractivity contribution >= 4 is 21.8 Å². The van der Waals surface area contributed by atoms with E-state index in [1.54, 1.807) is 0 Å². The van der Waals surface area contributed by atoms with E-state index in [1.165, 1.54) is 18.2 Å². The average Bonchev–Trinajstić information content (AvgIpc) is 3.49. The van der Waals surface area contributed by atoms with E-state index in [-0.39, 0.29) is 34.0 Å². The Hall–Kier alpha value is -2.87. The van der Waals surface area contributed by atoms with Gasteiger partial charge in [0.1, 0.15) is 10.6 Å². The van der Waals surface area contributed by atoms with Crippen molar-refractivity contribution in [3.05, 3.63) is 59.2 Å². The molecule has 8 heteroatoms. The van der Waals surface area contributed by atoms with Crippen LogP contribution in [0.25, 0.3) is 0 Å². The van der Waals surface area contributed by atoms with Crippen LogP contribution in [0.4, 0.5) is 0 Å². The number of hydrogen-bond acceptors (Lipinski definition) is 5. The Bertz CT molecular complexity index is 1110. The summed E-state index contributed by atoms with van der Waals surface area (Å²) in [4.78, 5) is 25.2. The van der Waals surface area contributed by atoms with Crippen LogP contribution in [0.5, 0.6) is 5.75 Å². The number of sulfonamides is 1. The fourth-order valence-electron chi connectivity index (χ4n) is 3.79. The van der Waals surface area contributed by atoms with E-state index in [1.807, 2.05) is 24.3 Å². The van der Waals surface area contributed by atoms with E-state index >= 15 is 0 Å². The minimum Gasteiger partial charge on any atom is -0.493 e. The highest BCUT2D eigenvalue weighted by Gasteiger charge is 2.48. The van der Waals surface area contributed by atoms with Crippen molar-refractivity contribution < 1.29 is 22.7 Å². The van der Waals surface area contributed by atoms with Gasteiger partial charge in [-0.3, -0.25) is 9.59 Å². The second-order valence-corrected chi connectivity index (χ2v) is 9.03. The molecule has 0 saturated heterocycles. The lowest BCUT2D eigenvalue weighted by Gasteiger charge is -2.26. The third kappa shape index (κ3) is 2.59. The number of para-hydroxylation sites is 1. The largest absolute Gasteiger partial charge is 0.493 e. The molecule has 2 aromatic carbocycles. The van der Waals surface area contributed by atoms with Gasteiger partial charge >= 0.3 is 0 Å². The monoisotopic (exact) mass is 398 g/mol. The van der Waals surface area contributed by atoms with Crippen molar-refractivity contribution in [2.75, 3.05) is 6.61 Å². The second kappa shape index (κ2) is 6.07. The number of amides is 2. The van der Waals surface area contributed by atoms with Crippen LogP contribution in [0.15, 0.2) is 47.4 Å². The minimum absolute atomic E-state index is 0.0792. The summed E-state index contributed by atoms with van der Waals surface area (Å²) in [5.41, 5.74) is 1.25. The first-order valence-corrected chi connectivity index (χ1v) is 10.7. The molecular formula is C20H18N2O5S. The fourth-order valence-corrected chi connectivity index (χ4v) is 5.63. The molecule has 2 heterocycles. The zero-order valence-corrected chi connectivity index (χ0v) is 15.7. The van der Waals surface area contributed by atoms with Gasteiger partial charge in [-0.05, 0) is 37.1 Å². The lowest BCUT2D eigenvalue weighted by molar-refractivity contribution is 0.0862. The first-order chi connectivity index (χ1) is 13.5. The van der Waals surface area contributed by atoms with E-state index in [2.05, 4.69) is 5.32 Å². The average molecular weight is 398 g/mol. The maximum atomic E-state index is 12.8. The van der Waals surface area contributed by atoms with E-state index in [0.29, 0.717) is 25.9 Å². The van der Waals surface area contributed by atoms with E-state index in [9.17, 15) is 18.0 Å². The summed E-state index contributed by atoms with van der Waals surface area (Å²) in [7, 11) is -3.89. The number of carbonyl (C=O) groups excluding carboxylic acids is 2. The lowest BCUT2D eigenvalue weighted by atomic mass is 10.00. The Balaban J connectivity index is 1.44. The SMILES string of the molecule is O=C(N[C@H]1CCOc2ccccc21)c1ccc2c(c1)S(=O)(=O)N(C1CC1)C2=O. The third-order valence-electron chi connectivity index (χ3n) is 5.35. The van der Waals surface area contributed by atoms with Crippen LogP contribution in [-0.2, 0) is 10.0 Å². The number of benzene rings is 2.